The summed E-state index contributed by atoms with van der Waals surface area (Å²) in [5.41, 5.74) is 1.17. The maximum Gasteiger partial charge on any atom is 0.341 e. The minimum Gasteiger partial charge on any atom is -0.337 e. The van der Waals surface area contributed by atoms with Crippen LogP contribution < -0.4 is 0 Å². The largest absolute Gasteiger partial charge is 0.341 e. The highest BCUT2D eigenvalue weighted by Gasteiger charge is 2.26. The van der Waals surface area contributed by atoms with Gasteiger partial charge in [0.25, 0.3) is 5.91 Å². The molecular weight excluding hydrogens is 372 g/mol. The molecule has 140 valence electrons. The molecular formula is C20H17F2NO3S. The van der Waals surface area contributed by atoms with Crippen molar-refractivity contribution >= 4 is 26.5 Å². The van der Waals surface area contributed by atoms with Crippen LogP contribution >= 0.6 is 0 Å². The van der Waals surface area contributed by atoms with Gasteiger partial charge in [-0.2, -0.15) is 8.78 Å². The molecule has 0 aromatic heterocycles. The van der Waals surface area contributed by atoms with Crippen LogP contribution in [0.1, 0.15) is 15.9 Å². The van der Waals surface area contributed by atoms with Crippen LogP contribution in [0.2, 0.25) is 0 Å². The first-order valence-electron chi connectivity index (χ1n) is 8.14. The highest BCUT2D eigenvalue weighted by atomic mass is 32.2. The summed E-state index contributed by atoms with van der Waals surface area (Å²) in [5, 5.41) is 2.17. The molecule has 0 heterocycles. The lowest BCUT2D eigenvalue weighted by atomic mass is 10.1. The molecule has 0 spiro atoms. The van der Waals surface area contributed by atoms with E-state index in [1.54, 1.807) is 7.05 Å². The number of alkyl halides is 2. The smallest absolute Gasteiger partial charge is 0.337 e. The second-order valence-electron chi connectivity index (χ2n) is 6.17. The second kappa shape index (κ2) is 7.44. The Labute approximate surface area is 156 Å². The molecule has 3 aromatic rings. The molecule has 1 amide bonds. The average molecular weight is 389 g/mol. The number of rotatable bonds is 5. The quantitative estimate of drug-likeness (QED) is 0.660. The molecule has 0 atom stereocenters. The third kappa shape index (κ3) is 3.98. The van der Waals surface area contributed by atoms with E-state index in [9.17, 15) is 22.0 Å². The molecule has 0 aliphatic heterocycles. The number of fused-ring (bicyclic) bond motifs is 1. The highest BCUT2D eigenvalue weighted by Crippen LogP contribution is 2.20. The number of benzene rings is 3. The molecule has 0 unspecified atom stereocenters. The van der Waals surface area contributed by atoms with Crippen LogP contribution in [0, 0.1) is 0 Å². The van der Waals surface area contributed by atoms with Crippen LogP contribution in [0.4, 0.5) is 8.78 Å². The lowest BCUT2D eigenvalue weighted by molar-refractivity contribution is 0.0785. The molecule has 0 N–H and O–H groups in total. The molecule has 0 saturated carbocycles. The summed E-state index contributed by atoms with van der Waals surface area (Å²) < 4.78 is 48.1. The van der Waals surface area contributed by atoms with Gasteiger partial charge in [-0.3, -0.25) is 4.79 Å². The van der Waals surface area contributed by atoms with Crippen molar-refractivity contribution < 1.29 is 22.0 Å². The number of hydrogen-bond acceptors (Lipinski definition) is 3. The number of sulfone groups is 1. The van der Waals surface area contributed by atoms with Gasteiger partial charge in [-0.05, 0) is 46.7 Å². The van der Waals surface area contributed by atoms with Crippen molar-refractivity contribution in [1.82, 2.24) is 4.90 Å². The van der Waals surface area contributed by atoms with E-state index < -0.39 is 20.5 Å². The highest BCUT2D eigenvalue weighted by molar-refractivity contribution is 7.91. The topological polar surface area (TPSA) is 54.5 Å². The van der Waals surface area contributed by atoms with Crippen molar-refractivity contribution in [2.24, 2.45) is 0 Å². The normalized spacial score (nSPS) is 11.7. The first-order valence-corrected chi connectivity index (χ1v) is 9.69. The lowest BCUT2D eigenvalue weighted by Crippen LogP contribution is -2.26. The van der Waals surface area contributed by atoms with Gasteiger partial charge in [-0.25, -0.2) is 8.42 Å². The summed E-state index contributed by atoms with van der Waals surface area (Å²) in [7, 11) is -3.04. The standard InChI is InChI=1S/C20H17F2NO3S/c1-23(13-14-6-7-15-4-2-3-5-17(15)12-14)19(24)16-8-10-18(11-9-16)27(25,26)20(21)22/h2-12,20H,13H2,1H3. The fraction of sp³-hybridized carbons (Fsp3) is 0.150. The van der Waals surface area contributed by atoms with Gasteiger partial charge in [0.15, 0.2) is 0 Å². The first-order chi connectivity index (χ1) is 12.8. The molecule has 0 saturated heterocycles. The Bertz CT molecular complexity index is 1080. The number of carbonyl (C=O) groups is 1. The van der Waals surface area contributed by atoms with Gasteiger partial charge in [-0.15, -0.1) is 0 Å². The molecule has 4 nitrogen and oxygen atoms in total. The third-order valence-electron chi connectivity index (χ3n) is 4.24. The first kappa shape index (κ1) is 19.0. The van der Waals surface area contributed by atoms with Gasteiger partial charge in [0.05, 0.1) is 4.90 Å². The number of nitrogens with zero attached hydrogens (tertiary/aromatic N) is 1. The average Bonchev–Trinajstić information content (AvgIpc) is 2.67. The summed E-state index contributed by atoms with van der Waals surface area (Å²) >= 11 is 0. The summed E-state index contributed by atoms with van der Waals surface area (Å²) in [4.78, 5) is 13.5. The van der Waals surface area contributed by atoms with Crippen molar-refractivity contribution in [3.63, 3.8) is 0 Å². The van der Waals surface area contributed by atoms with E-state index >= 15 is 0 Å². The fourth-order valence-electron chi connectivity index (χ4n) is 2.79. The monoisotopic (exact) mass is 389 g/mol. The number of amides is 1. The molecule has 0 radical (unpaired) electrons. The molecule has 7 heteroatoms. The Hall–Kier alpha value is -2.80. The Morgan fingerprint density at radius 1 is 0.963 bits per heavy atom. The molecule has 0 aliphatic carbocycles. The van der Waals surface area contributed by atoms with Crippen molar-refractivity contribution in [3.8, 4) is 0 Å². The summed E-state index contributed by atoms with van der Waals surface area (Å²) in [6.07, 6.45) is 0. The Balaban J connectivity index is 1.76. The van der Waals surface area contributed by atoms with Gasteiger partial charge < -0.3 is 4.90 Å². The minimum absolute atomic E-state index is 0.228. The van der Waals surface area contributed by atoms with Gasteiger partial charge in [-0.1, -0.05) is 36.4 Å². The van der Waals surface area contributed by atoms with E-state index in [2.05, 4.69) is 0 Å². The zero-order chi connectivity index (χ0) is 19.6. The van der Waals surface area contributed by atoms with Crippen molar-refractivity contribution in [3.05, 3.63) is 77.9 Å². The summed E-state index contributed by atoms with van der Waals surface area (Å²) in [5.74, 6) is -3.82. The van der Waals surface area contributed by atoms with Crippen molar-refractivity contribution in [2.75, 3.05) is 7.05 Å². The number of halogens is 2. The molecule has 27 heavy (non-hydrogen) atoms. The van der Waals surface area contributed by atoms with E-state index in [1.807, 2.05) is 42.5 Å². The van der Waals surface area contributed by atoms with E-state index in [0.29, 0.717) is 6.54 Å². The number of hydrogen-bond donors (Lipinski definition) is 0. The van der Waals surface area contributed by atoms with E-state index in [0.717, 1.165) is 28.5 Å². The van der Waals surface area contributed by atoms with Crippen LogP contribution in [0.5, 0.6) is 0 Å². The van der Waals surface area contributed by atoms with Crippen molar-refractivity contribution in [2.45, 2.75) is 17.2 Å². The van der Waals surface area contributed by atoms with E-state index in [-0.39, 0.29) is 11.5 Å². The van der Waals surface area contributed by atoms with Gasteiger partial charge in [0.2, 0.25) is 9.84 Å². The van der Waals surface area contributed by atoms with Crippen molar-refractivity contribution in [1.29, 1.82) is 0 Å². The van der Waals surface area contributed by atoms with E-state index in [4.69, 9.17) is 0 Å². The van der Waals surface area contributed by atoms with Gasteiger partial charge in [0, 0.05) is 19.2 Å². The summed E-state index contributed by atoms with van der Waals surface area (Å²) in [6, 6.07) is 18.3. The van der Waals surface area contributed by atoms with Crippen LogP contribution in [0.25, 0.3) is 10.8 Å². The lowest BCUT2D eigenvalue weighted by Gasteiger charge is -2.18. The van der Waals surface area contributed by atoms with Crippen LogP contribution in [0.15, 0.2) is 71.6 Å². The zero-order valence-corrected chi connectivity index (χ0v) is 15.3. The van der Waals surface area contributed by atoms with Gasteiger partial charge in [0.1, 0.15) is 0 Å². The van der Waals surface area contributed by atoms with E-state index in [1.165, 1.54) is 17.0 Å². The number of carbonyl (C=O) groups excluding carboxylic acids is 1. The minimum atomic E-state index is -4.67. The Morgan fingerprint density at radius 3 is 2.22 bits per heavy atom. The fourth-order valence-corrected chi connectivity index (χ4v) is 3.51. The third-order valence-corrected chi connectivity index (χ3v) is 5.64. The Kier molecular flexibility index (Phi) is 5.23. The van der Waals surface area contributed by atoms with Crippen LogP contribution in [-0.2, 0) is 16.4 Å². The molecule has 3 aromatic carbocycles. The van der Waals surface area contributed by atoms with Crippen LogP contribution in [0.3, 0.4) is 0 Å². The molecule has 0 aliphatic rings. The maximum atomic E-state index is 12.6. The Morgan fingerprint density at radius 2 is 1.59 bits per heavy atom. The second-order valence-corrected chi connectivity index (χ2v) is 8.09. The molecule has 0 bridgehead atoms. The maximum absolute atomic E-state index is 12.6. The predicted molar refractivity (Wildman–Crippen MR) is 99.4 cm³/mol. The predicted octanol–water partition coefficient (Wildman–Crippen LogP) is 4.11. The molecule has 3 rings (SSSR count). The van der Waals surface area contributed by atoms with Gasteiger partial charge >= 0.3 is 5.76 Å². The molecule has 0 fully saturated rings. The zero-order valence-electron chi connectivity index (χ0n) is 14.5. The SMILES string of the molecule is CN(Cc1ccc2ccccc2c1)C(=O)c1ccc(S(=O)(=O)C(F)F)cc1. The van der Waals surface area contributed by atoms with Crippen LogP contribution in [-0.4, -0.2) is 32.0 Å². The summed E-state index contributed by atoms with van der Waals surface area (Å²) in [6.45, 7) is 0.362.